The van der Waals surface area contributed by atoms with Crippen LogP contribution in [0.3, 0.4) is 0 Å². The van der Waals surface area contributed by atoms with E-state index in [1.54, 1.807) is 13.8 Å². The third kappa shape index (κ3) is 3.32. The quantitative estimate of drug-likeness (QED) is 0.651. The first-order valence-electron chi connectivity index (χ1n) is 8.09. The molecule has 0 N–H and O–H groups in total. The lowest BCUT2D eigenvalue weighted by atomic mass is 10.0. The molecule has 1 heterocycles. The number of benzene rings is 2. The number of rotatable bonds is 6. The molecule has 0 amide bonds. The molecular weight excluding hydrogens is 323 g/mol. The third-order valence-corrected chi connectivity index (χ3v) is 5.95. The summed E-state index contributed by atoms with van der Waals surface area (Å²) >= 11 is 0. The summed E-state index contributed by atoms with van der Waals surface area (Å²) in [5.41, 5.74) is 2.71. The van der Waals surface area contributed by atoms with E-state index in [-0.39, 0.29) is 0 Å². The van der Waals surface area contributed by atoms with E-state index >= 15 is 0 Å². The van der Waals surface area contributed by atoms with E-state index in [0.29, 0.717) is 19.0 Å². The zero-order valence-corrected chi connectivity index (χ0v) is 14.7. The minimum atomic E-state index is -3.45. The fourth-order valence-corrected chi connectivity index (χ4v) is 4.63. The van der Waals surface area contributed by atoms with Crippen LogP contribution in [0.15, 0.2) is 54.6 Å². The van der Waals surface area contributed by atoms with E-state index in [0.717, 1.165) is 16.7 Å². The predicted molar refractivity (Wildman–Crippen MR) is 95.4 cm³/mol. The van der Waals surface area contributed by atoms with Crippen LogP contribution in [0, 0.1) is 0 Å². The number of fused-ring (bicyclic) bond motifs is 1. The fourth-order valence-electron chi connectivity index (χ4n) is 2.75. The molecule has 4 nitrogen and oxygen atoms in total. The van der Waals surface area contributed by atoms with Gasteiger partial charge in [-0.15, -0.1) is 0 Å². The van der Waals surface area contributed by atoms with Gasteiger partial charge in [0.05, 0.1) is 13.2 Å². The third-order valence-electron chi connectivity index (χ3n) is 3.75. The highest BCUT2D eigenvalue weighted by Crippen LogP contribution is 2.64. The molecule has 0 fully saturated rings. The van der Waals surface area contributed by atoms with Gasteiger partial charge in [-0.05, 0) is 25.5 Å². The van der Waals surface area contributed by atoms with Crippen molar-refractivity contribution in [2.75, 3.05) is 13.2 Å². The molecule has 5 heteroatoms. The molecule has 3 rings (SSSR count). The smallest absolute Gasteiger partial charge is 0.375 e. The maximum absolute atomic E-state index is 13.3. The van der Waals surface area contributed by atoms with Gasteiger partial charge in [-0.3, -0.25) is 4.57 Å². The number of hydrogen-bond acceptors (Lipinski definition) is 4. The van der Waals surface area contributed by atoms with Crippen LogP contribution in [-0.4, -0.2) is 13.2 Å². The molecular formula is C19H21O4P. The molecule has 0 radical (unpaired) electrons. The van der Waals surface area contributed by atoms with Crippen molar-refractivity contribution >= 4 is 19.4 Å². The van der Waals surface area contributed by atoms with Gasteiger partial charge in [0, 0.05) is 11.1 Å². The molecule has 0 aliphatic carbocycles. The number of ether oxygens (including phenoxy) is 1. The van der Waals surface area contributed by atoms with Crippen molar-refractivity contribution in [1.29, 1.82) is 0 Å². The largest absolute Gasteiger partial charge is 0.472 e. The van der Waals surface area contributed by atoms with Crippen LogP contribution >= 0.6 is 7.60 Å². The Hall–Kier alpha value is -1.87. The molecule has 1 aliphatic heterocycles. The minimum absolute atomic E-state index is 0.295. The van der Waals surface area contributed by atoms with Gasteiger partial charge in [-0.1, -0.05) is 54.6 Å². The maximum Gasteiger partial charge on any atom is 0.375 e. The molecule has 0 bridgehead atoms. The Kier molecular flexibility index (Phi) is 5.20. The van der Waals surface area contributed by atoms with Gasteiger partial charge >= 0.3 is 7.60 Å². The van der Waals surface area contributed by atoms with Gasteiger partial charge in [-0.25, -0.2) is 0 Å². The normalized spacial score (nSPS) is 16.9. The Morgan fingerprint density at radius 1 is 0.958 bits per heavy atom. The van der Waals surface area contributed by atoms with Crippen LogP contribution in [0.4, 0.5) is 0 Å². The van der Waals surface area contributed by atoms with E-state index in [1.165, 1.54) is 0 Å². The summed E-state index contributed by atoms with van der Waals surface area (Å²) in [6.07, 6.45) is 1.96. The summed E-state index contributed by atoms with van der Waals surface area (Å²) < 4.78 is 30.5. The first kappa shape index (κ1) is 17.0. The van der Waals surface area contributed by atoms with Crippen molar-refractivity contribution in [3.8, 4) is 0 Å². The van der Waals surface area contributed by atoms with Crippen LogP contribution in [-0.2, 0) is 18.3 Å². The second-order valence-electron chi connectivity index (χ2n) is 5.35. The lowest BCUT2D eigenvalue weighted by Crippen LogP contribution is -2.14. The van der Waals surface area contributed by atoms with E-state index in [4.69, 9.17) is 13.8 Å². The summed E-state index contributed by atoms with van der Waals surface area (Å²) in [6.45, 7) is 4.19. The lowest BCUT2D eigenvalue weighted by molar-refractivity contribution is 0.146. The SMILES string of the molecule is CCOP(=O)(OCC)C1OC(c2ccccc2)=Cc2ccccc21. The highest BCUT2D eigenvalue weighted by molar-refractivity contribution is 7.54. The average molecular weight is 344 g/mol. The summed E-state index contributed by atoms with van der Waals surface area (Å²) in [4.78, 5) is 0. The van der Waals surface area contributed by atoms with Crippen LogP contribution in [0.1, 0.15) is 36.4 Å². The van der Waals surface area contributed by atoms with Crippen molar-refractivity contribution in [3.05, 3.63) is 71.3 Å². The van der Waals surface area contributed by atoms with Crippen molar-refractivity contribution in [2.24, 2.45) is 0 Å². The van der Waals surface area contributed by atoms with Gasteiger partial charge < -0.3 is 13.8 Å². The van der Waals surface area contributed by atoms with E-state index in [2.05, 4.69) is 0 Å². The molecule has 126 valence electrons. The van der Waals surface area contributed by atoms with Gasteiger partial charge in [0.1, 0.15) is 5.76 Å². The molecule has 0 saturated carbocycles. The lowest BCUT2D eigenvalue weighted by Gasteiger charge is -2.31. The highest BCUT2D eigenvalue weighted by Gasteiger charge is 2.42. The van der Waals surface area contributed by atoms with Crippen molar-refractivity contribution in [3.63, 3.8) is 0 Å². The zero-order chi connectivity index (χ0) is 17.0. The molecule has 1 aliphatic rings. The molecule has 0 saturated heterocycles. The zero-order valence-electron chi connectivity index (χ0n) is 13.8. The van der Waals surface area contributed by atoms with Crippen molar-refractivity contribution in [2.45, 2.75) is 19.7 Å². The standard InChI is InChI=1S/C19H21O4P/c1-3-21-24(20,22-4-2)19-17-13-9-8-12-16(17)14-18(23-19)15-10-6-5-7-11-15/h5-14,19H,3-4H2,1-2H3. The van der Waals surface area contributed by atoms with Gasteiger partial charge in [0.15, 0.2) is 0 Å². The van der Waals surface area contributed by atoms with Gasteiger partial charge in [0.25, 0.3) is 0 Å². The Labute approximate surface area is 142 Å². The molecule has 2 aromatic carbocycles. The van der Waals surface area contributed by atoms with Crippen LogP contribution in [0.5, 0.6) is 0 Å². The first-order chi connectivity index (χ1) is 11.7. The maximum atomic E-state index is 13.3. The number of hydrogen-bond donors (Lipinski definition) is 0. The van der Waals surface area contributed by atoms with Crippen LogP contribution in [0.25, 0.3) is 11.8 Å². The van der Waals surface area contributed by atoms with Crippen LogP contribution in [0.2, 0.25) is 0 Å². The molecule has 2 aromatic rings. The highest BCUT2D eigenvalue weighted by atomic mass is 31.2. The van der Waals surface area contributed by atoms with E-state index in [1.807, 2.05) is 60.7 Å². The topological polar surface area (TPSA) is 44.8 Å². The van der Waals surface area contributed by atoms with Gasteiger partial charge in [-0.2, -0.15) is 0 Å². The van der Waals surface area contributed by atoms with Crippen molar-refractivity contribution < 1.29 is 18.3 Å². The fraction of sp³-hybridized carbons (Fsp3) is 0.263. The summed E-state index contributed by atoms with van der Waals surface area (Å²) in [6, 6.07) is 17.5. The Morgan fingerprint density at radius 3 is 2.25 bits per heavy atom. The predicted octanol–water partition coefficient (Wildman–Crippen LogP) is 5.48. The summed E-state index contributed by atoms with van der Waals surface area (Å²) in [5.74, 6) is -0.104. The second kappa shape index (κ2) is 7.35. The minimum Gasteiger partial charge on any atom is -0.472 e. The summed E-state index contributed by atoms with van der Waals surface area (Å²) in [7, 11) is -3.45. The summed E-state index contributed by atoms with van der Waals surface area (Å²) in [5, 5.41) is 0. The second-order valence-corrected chi connectivity index (χ2v) is 7.41. The molecule has 24 heavy (non-hydrogen) atoms. The Morgan fingerprint density at radius 2 is 1.58 bits per heavy atom. The molecule has 0 aromatic heterocycles. The first-order valence-corrected chi connectivity index (χ1v) is 9.70. The van der Waals surface area contributed by atoms with Gasteiger partial charge in [0.2, 0.25) is 5.85 Å². The van der Waals surface area contributed by atoms with E-state index in [9.17, 15) is 4.57 Å². The Balaban J connectivity index is 2.08. The van der Waals surface area contributed by atoms with E-state index < -0.39 is 13.4 Å². The molecule has 1 unspecified atom stereocenters. The monoisotopic (exact) mass is 344 g/mol. The molecule has 0 spiro atoms. The van der Waals surface area contributed by atoms with Crippen molar-refractivity contribution in [1.82, 2.24) is 0 Å². The molecule has 1 atom stereocenters. The van der Waals surface area contributed by atoms with Crippen LogP contribution < -0.4 is 0 Å². The average Bonchev–Trinajstić information content (AvgIpc) is 2.62. The Bertz CT molecular complexity index is 760.